The van der Waals surface area contributed by atoms with Crippen LogP contribution in [0.3, 0.4) is 0 Å². The molecule has 102 valence electrons. The number of carbonyl (C=O) groups excluding carboxylic acids is 1. The molecule has 1 aromatic heterocycles. The molecular weight excluding hydrogens is 274 g/mol. The van der Waals surface area contributed by atoms with Crippen LogP contribution in [0.15, 0.2) is 6.33 Å². The number of nitrogens with zero attached hydrogens (tertiary/aromatic N) is 4. The molecule has 0 spiro atoms. The number of anilines is 1. The van der Waals surface area contributed by atoms with Gasteiger partial charge in [0.2, 0.25) is 16.9 Å². The molecule has 1 unspecified atom stereocenters. The van der Waals surface area contributed by atoms with E-state index in [9.17, 15) is 14.9 Å². The van der Waals surface area contributed by atoms with E-state index in [2.05, 4.69) is 9.97 Å². The predicted octanol–water partition coefficient (Wildman–Crippen LogP) is 0.740. The van der Waals surface area contributed by atoms with Crippen molar-refractivity contribution >= 4 is 29.0 Å². The molecule has 1 aliphatic rings. The highest BCUT2D eigenvalue weighted by molar-refractivity contribution is 6.31. The molecule has 1 amide bonds. The Bertz CT molecular complexity index is 552. The highest BCUT2D eigenvalue weighted by Crippen LogP contribution is 2.37. The number of primary amides is 1. The van der Waals surface area contributed by atoms with E-state index in [1.54, 1.807) is 11.8 Å². The van der Waals surface area contributed by atoms with Gasteiger partial charge in [-0.2, -0.15) is 0 Å². The highest BCUT2D eigenvalue weighted by atomic mass is 35.5. The minimum absolute atomic E-state index is 0.120. The molecule has 0 bridgehead atoms. The van der Waals surface area contributed by atoms with Crippen LogP contribution < -0.4 is 10.6 Å². The Kier molecular flexibility index (Phi) is 3.27. The quantitative estimate of drug-likeness (QED) is 0.497. The average molecular weight is 286 g/mol. The molecule has 1 fully saturated rings. The van der Waals surface area contributed by atoms with Gasteiger partial charge in [0.1, 0.15) is 6.33 Å². The van der Waals surface area contributed by atoms with Gasteiger partial charge < -0.3 is 10.6 Å². The minimum atomic E-state index is -0.717. The predicted molar refractivity (Wildman–Crippen MR) is 67.8 cm³/mol. The van der Waals surface area contributed by atoms with Crippen molar-refractivity contribution in [3.8, 4) is 0 Å². The van der Waals surface area contributed by atoms with E-state index >= 15 is 0 Å². The van der Waals surface area contributed by atoms with Crippen LogP contribution in [0.5, 0.6) is 0 Å². The van der Waals surface area contributed by atoms with Gasteiger partial charge in [-0.3, -0.25) is 14.9 Å². The number of aromatic nitrogens is 2. The summed E-state index contributed by atoms with van der Waals surface area (Å²) in [4.78, 5) is 30.9. The topological polar surface area (TPSA) is 115 Å². The van der Waals surface area contributed by atoms with Crippen LogP contribution in [0, 0.1) is 15.5 Å². The summed E-state index contributed by atoms with van der Waals surface area (Å²) in [5.41, 5.74) is 4.28. The van der Waals surface area contributed by atoms with Crippen molar-refractivity contribution in [2.75, 3.05) is 18.0 Å². The summed E-state index contributed by atoms with van der Waals surface area (Å²) in [7, 11) is 0. The zero-order chi connectivity index (χ0) is 14.2. The molecule has 9 heteroatoms. The number of nitro groups is 1. The first-order valence-corrected chi connectivity index (χ1v) is 5.93. The summed E-state index contributed by atoms with van der Waals surface area (Å²) in [6.45, 7) is 2.45. The van der Waals surface area contributed by atoms with Gasteiger partial charge in [0, 0.05) is 13.1 Å². The Morgan fingerprint density at radius 1 is 1.63 bits per heavy atom. The van der Waals surface area contributed by atoms with E-state index < -0.39 is 16.2 Å². The fourth-order valence-electron chi connectivity index (χ4n) is 2.08. The molecule has 2 rings (SSSR count). The third-order valence-electron chi connectivity index (χ3n) is 3.31. The summed E-state index contributed by atoms with van der Waals surface area (Å²) in [6, 6.07) is 0. The Hall–Kier alpha value is -1.96. The SMILES string of the molecule is CC1(C(N)=O)CCN(c2ncnc(Cl)c2[N+](=O)[O-])C1. The molecule has 0 aliphatic carbocycles. The van der Waals surface area contributed by atoms with E-state index in [0.717, 1.165) is 6.33 Å². The van der Waals surface area contributed by atoms with Gasteiger partial charge in [-0.05, 0) is 13.3 Å². The summed E-state index contributed by atoms with van der Waals surface area (Å²) < 4.78 is 0. The number of rotatable bonds is 3. The fraction of sp³-hybridized carbons (Fsp3) is 0.500. The second kappa shape index (κ2) is 4.61. The third-order valence-corrected chi connectivity index (χ3v) is 3.59. The van der Waals surface area contributed by atoms with Crippen molar-refractivity contribution in [1.29, 1.82) is 0 Å². The smallest absolute Gasteiger partial charge is 0.348 e. The Morgan fingerprint density at radius 3 is 2.84 bits per heavy atom. The summed E-state index contributed by atoms with van der Waals surface area (Å²) in [5.74, 6) is -0.312. The van der Waals surface area contributed by atoms with Gasteiger partial charge in [0.15, 0.2) is 0 Å². The largest absolute Gasteiger partial charge is 0.369 e. The second-order valence-corrected chi connectivity index (χ2v) is 5.05. The number of amides is 1. The van der Waals surface area contributed by atoms with Crippen LogP contribution in [0.25, 0.3) is 0 Å². The van der Waals surface area contributed by atoms with Crippen molar-refractivity contribution < 1.29 is 9.72 Å². The number of hydrogen-bond acceptors (Lipinski definition) is 6. The monoisotopic (exact) mass is 285 g/mol. The molecular formula is C10H12ClN5O3. The number of carbonyl (C=O) groups is 1. The van der Waals surface area contributed by atoms with Crippen LogP contribution in [0.1, 0.15) is 13.3 Å². The van der Waals surface area contributed by atoms with Crippen molar-refractivity contribution in [2.45, 2.75) is 13.3 Å². The van der Waals surface area contributed by atoms with Crippen molar-refractivity contribution in [3.05, 3.63) is 21.6 Å². The molecule has 1 aromatic rings. The van der Waals surface area contributed by atoms with Gasteiger partial charge in [0.25, 0.3) is 0 Å². The van der Waals surface area contributed by atoms with Gasteiger partial charge in [0.05, 0.1) is 10.3 Å². The fourth-order valence-corrected chi connectivity index (χ4v) is 2.28. The van der Waals surface area contributed by atoms with E-state index in [4.69, 9.17) is 17.3 Å². The summed E-state index contributed by atoms with van der Waals surface area (Å²) in [5, 5.41) is 10.8. The first-order chi connectivity index (χ1) is 8.85. The van der Waals surface area contributed by atoms with Gasteiger partial charge in [-0.15, -0.1) is 0 Å². The van der Waals surface area contributed by atoms with Crippen LogP contribution in [0.4, 0.5) is 11.5 Å². The molecule has 0 aromatic carbocycles. The molecule has 2 N–H and O–H groups in total. The third kappa shape index (κ3) is 2.30. The van der Waals surface area contributed by atoms with Crippen LogP contribution in [-0.4, -0.2) is 33.9 Å². The van der Waals surface area contributed by atoms with Crippen molar-refractivity contribution in [3.63, 3.8) is 0 Å². The van der Waals surface area contributed by atoms with Crippen LogP contribution >= 0.6 is 11.6 Å². The van der Waals surface area contributed by atoms with Crippen molar-refractivity contribution in [2.24, 2.45) is 11.1 Å². The summed E-state index contributed by atoms with van der Waals surface area (Å²) in [6.07, 6.45) is 1.67. The van der Waals surface area contributed by atoms with Gasteiger partial charge in [-0.25, -0.2) is 9.97 Å². The standard InChI is InChI=1S/C10H12ClN5O3/c1-10(9(12)17)2-3-15(4-10)8-6(16(18)19)7(11)13-5-14-8/h5H,2-4H2,1H3,(H2,12,17). The maximum atomic E-state index is 11.4. The highest BCUT2D eigenvalue weighted by Gasteiger charge is 2.41. The molecule has 19 heavy (non-hydrogen) atoms. The lowest BCUT2D eigenvalue weighted by molar-refractivity contribution is -0.384. The lowest BCUT2D eigenvalue weighted by Crippen LogP contribution is -2.37. The summed E-state index contributed by atoms with van der Waals surface area (Å²) >= 11 is 5.73. The maximum Gasteiger partial charge on any atom is 0.348 e. The Balaban J connectivity index is 2.37. The average Bonchev–Trinajstić information content (AvgIpc) is 2.72. The van der Waals surface area contributed by atoms with Gasteiger partial charge in [-0.1, -0.05) is 11.6 Å². The Morgan fingerprint density at radius 2 is 2.32 bits per heavy atom. The number of halogens is 1. The second-order valence-electron chi connectivity index (χ2n) is 4.69. The molecule has 1 saturated heterocycles. The van der Waals surface area contributed by atoms with E-state index in [1.807, 2.05) is 0 Å². The van der Waals surface area contributed by atoms with E-state index in [-0.39, 0.29) is 23.2 Å². The zero-order valence-corrected chi connectivity index (χ0v) is 10.9. The minimum Gasteiger partial charge on any atom is -0.369 e. The number of hydrogen-bond donors (Lipinski definition) is 1. The van der Waals surface area contributed by atoms with Crippen LogP contribution in [-0.2, 0) is 4.79 Å². The molecule has 8 nitrogen and oxygen atoms in total. The lowest BCUT2D eigenvalue weighted by atomic mass is 9.89. The van der Waals surface area contributed by atoms with E-state index in [0.29, 0.717) is 13.0 Å². The van der Waals surface area contributed by atoms with Crippen molar-refractivity contribution in [1.82, 2.24) is 9.97 Å². The molecule has 1 atom stereocenters. The molecule has 1 aliphatic heterocycles. The molecule has 0 radical (unpaired) electrons. The zero-order valence-electron chi connectivity index (χ0n) is 10.2. The first-order valence-electron chi connectivity index (χ1n) is 5.55. The van der Waals surface area contributed by atoms with Crippen LogP contribution in [0.2, 0.25) is 5.15 Å². The molecule has 2 heterocycles. The maximum absolute atomic E-state index is 11.4. The first kappa shape index (κ1) is 13.5. The van der Waals surface area contributed by atoms with E-state index in [1.165, 1.54) is 0 Å². The molecule has 0 saturated carbocycles. The Labute approximate surface area is 113 Å². The normalized spacial score (nSPS) is 22.5. The van der Waals surface area contributed by atoms with Gasteiger partial charge >= 0.3 is 5.69 Å². The lowest BCUT2D eigenvalue weighted by Gasteiger charge is -2.21. The number of nitrogens with two attached hydrogens (primary N) is 1.